The van der Waals surface area contributed by atoms with Crippen LogP contribution in [-0.2, 0) is 9.53 Å². The molecule has 2 N–H and O–H groups in total. The quantitative estimate of drug-likeness (QED) is 0.809. The molecule has 0 aliphatic heterocycles. The molecule has 26 heavy (non-hydrogen) atoms. The zero-order valence-electron chi connectivity index (χ0n) is 15.4. The predicted octanol–water partition coefficient (Wildman–Crippen LogP) is 4.28. The Morgan fingerprint density at radius 2 is 1.77 bits per heavy atom. The standard InChI is InChI=1S/C20H25F2NO3/c1-18(2,3)26-16(24)19-8-10-20(23,11-9-19)14(12-19)13-6-4-5-7-15(13)25-17(21)22/h4-7,12,17H,8-11,23H2,1-3H3. The van der Waals surface area contributed by atoms with E-state index in [1.54, 1.807) is 18.2 Å². The van der Waals surface area contributed by atoms with Crippen LogP contribution in [0.3, 0.4) is 0 Å². The van der Waals surface area contributed by atoms with Crippen LogP contribution in [0.1, 0.15) is 52.0 Å². The zero-order chi connectivity index (χ0) is 19.2. The van der Waals surface area contributed by atoms with Crippen LogP contribution < -0.4 is 10.5 Å². The Bertz CT molecular complexity index is 729. The van der Waals surface area contributed by atoms with E-state index < -0.39 is 23.2 Å². The van der Waals surface area contributed by atoms with Crippen LogP contribution in [0.2, 0.25) is 0 Å². The van der Waals surface area contributed by atoms with Crippen molar-refractivity contribution >= 4 is 11.5 Å². The highest BCUT2D eigenvalue weighted by atomic mass is 19.3. The largest absolute Gasteiger partial charge is 0.459 e. The first-order valence-electron chi connectivity index (χ1n) is 8.85. The summed E-state index contributed by atoms with van der Waals surface area (Å²) >= 11 is 0. The molecule has 2 bridgehead atoms. The summed E-state index contributed by atoms with van der Waals surface area (Å²) in [6.45, 7) is 2.57. The van der Waals surface area contributed by atoms with E-state index in [9.17, 15) is 13.6 Å². The van der Waals surface area contributed by atoms with E-state index >= 15 is 0 Å². The van der Waals surface area contributed by atoms with Gasteiger partial charge in [0.2, 0.25) is 0 Å². The summed E-state index contributed by atoms with van der Waals surface area (Å²) < 4.78 is 35.9. The van der Waals surface area contributed by atoms with Crippen LogP contribution in [0, 0.1) is 5.41 Å². The van der Waals surface area contributed by atoms with E-state index in [0.29, 0.717) is 36.8 Å². The van der Waals surface area contributed by atoms with Crippen molar-refractivity contribution in [2.24, 2.45) is 11.1 Å². The Labute approximate surface area is 152 Å². The molecule has 1 aromatic carbocycles. The second-order valence-corrected chi connectivity index (χ2v) is 8.25. The molecular formula is C20H25F2NO3. The monoisotopic (exact) mass is 365 g/mol. The lowest BCUT2D eigenvalue weighted by Gasteiger charge is -2.49. The van der Waals surface area contributed by atoms with Crippen molar-refractivity contribution in [1.29, 1.82) is 0 Å². The normalized spacial score (nSPS) is 28.0. The number of carbonyl (C=O) groups excluding carboxylic acids is 1. The molecule has 0 spiro atoms. The molecule has 0 aromatic heterocycles. The highest BCUT2D eigenvalue weighted by Crippen LogP contribution is 2.55. The van der Waals surface area contributed by atoms with E-state index in [0.717, 1.165) is 0 Å². The van der Waals surface area contributed by atoms with Crippen molar-refractivity contribution in [3.8, 4) is 5.75 Å². The van der Waals surface area contributed by atoms with Crippen LogP contribution >= 0.6 is 0 Å². The molecule has 1 fully saturated rings. The van der Waals surface area contributed by atoms with Gasteiger partial charge in [0.05, 0.1) is 5.41 Å². The van der Waals surface area contributed by atoms with Crippen LogP contribution in [0.5, 0.6) is 5.75 Å². The molecule has 6 heteroatoms. The van der Waals surface area contributed by atoms with E-state index in [1.807, 2.05) is 26.8 Å². The summed E-state index contributed by atoms with van der Waals surface area (Å²) in [6, 6.07) is 6.59. The Morgan fingerprint density at radius 1 is 1.15 bits per heavy atom. The van der Waals surface area contributed by atoms with Crippen LogP contribution in [0.25, 0.3) is 5.57 Å². The Morgan fingerprint density at radius 3 is 2.35 bits per heavy atom. The van der Waals surface area contributed by atoms with Gasteiger partial charge in [-0.15, -0.1) is 0 Å². The third kappa shape index (κ3) is 3.47. The van der Waals surface area contributed by atoms with Gasteiger partial charge in [0.1, 0.15) is 11.4 Å². The molecule has 0 heterocycles. The summed E-state index contributed by atoms with van der Waals surface area (Å²) in [7, 11) is 0. The predicted molar refractivity (Wildman–Crippen MR) is 94.7 cm³/mol. The number of nitrogens with two attached hydrogens (primary N) is 1. The first kappa shape index (κ1) is 18.8. The maximum atomic E-state index is 12.9. The molecule has 3 aliphatic rings. The maximum Gasteiger partial charge on any atom is 0.387 e. The molecule has 4 rings (SSSR count). The average Bonchev–Trinajstić information content (AvgIpc) is 2.54. The number of halogens is 2. The van der Waals surface area contributed by atoms with Crippen molar-refractivity contribution < 1.29 is 23.0 Å². The lowest BCUT2D eigenvalue weighted by atomic mass is 9.57. The smallest absolute Gasteiger partial charge is 0.387 e. The van der Waals surface area contributed by atoms with Gasteiger partial charge in [-0.2, -0.15) is 8.78 Å². The summed E-state index contributed by atoms with van der Waals surface area (Å²) in [5.41, 5.74) is 5.80. The first-order chi connectivity index (χ1) is 12.0. The molecule has 142 valence electrons. The lowest BCUT2D eigenvalue weighted by Crippen LogP contribution is -2.54. The Kier molecular flexibility index (Phi) is 4.59. The minimum Gasteiger partial charge on any atom is -0.459 e. The molecule has 1 aromatic rings. The summed E-state index contributed by atoms with van der Waals surface area (Å²) in [4.78, 5) is 12.9. The highest BCUT2D eigenvalue weighted by molar-refractivity contribution is 5.88. The van der Waals surface area contributed by atoms with E-state index in [-0.39, 0.29) is 11.7 Å². The van der Waals surface area contributed by atoms with Gasteiger partial charge >= 0.3 is 12.6 Å². The molecule has 0 amide bonds. The number of hydrogen-bond acceptors (Lipinski definition) is 4. The van der Waals surface area contributed by atoms with Crippen molar-refractivity contribution in [2.75, 3.05) is 0 Å². The minimum absolute atomic E-state index is 0.0745. The fourth-order valence-corrected chi connectivity index (χ4v) is 3.85. The van der Waals surface area contributed by atoms with Gasteiger partial charge in [-0.05, 0) is 58.1 Å². The van der Waals surface area contributed by atoms with Gasteiger partial charge in [0, 0.05) is 11.1 Å². The number of ether oxygens (including phenoxy) is 2. The third-order valence-corrected chi connectivity index (χ3v) is 5.19. The van der Waals surface area contributed by atoms with Gasteiger partial charge in [-0.1, -0.05) is 24.3 Å². The summed E-state index contributed by atoms with van der Waals surface area (Å²) in [5, 5.41) is 0. The van der Waals surface area contributed by atoms with Gasteiger partial charge in [0.25, 0.3) is 0 Å². The minimum atomic E-state index is -2.92. The third-order valence-electron chi connectivity index (χ3n) is 5.19. The SMILES string of the molecule is CC(C)(C)OC(=O)C12C=C(c3ccccc3OC(F)F)C(N)(CC1)CC2. The fraction of sp³-hybridized carbons (Fsp3) is 0.550. The number of carbonyl (C=O) groups is 1. The fourth-order valence-electron chi connectivity index (χ4n) is 3.85. The van der Waals surface area contributed by atoms with Crippen molar-refractivity contribution in [3.63, 3.8) is 0 Å². The summed E-state index contributed by atoms with van der Waals surface area (Å²) in [6.07, 6.45) is 4.23. The summed E-state index contributed by atoms with van der Waals surface area (Å²) in [5.74, 6) is -0.207. The molecule has 0 saturated heterocycles. The number of fused-ring (bicyclic) bond motifs is 2. The second-order valence-electron chi connectivity index (χ2n) is 8.25. The average molecular weight is 365 g/mol. The number of para-hydroxylation sites is 1. The van der Waals surface area contributed by atoms with Crippen LogP contribution in [0.4, 0.5) is 8.78 Å². The Balaban J connectivity index is 2.04. The molecule has 0 radical (unpaired) electrons. The molecule has 1 saturated carbocycles. The molecule has 0 unspecified atom stereocenters. The number of hydrogen-bond donors (Lipinski definition) is 1. The van der Waals surface area contributed by atoms with Crippen molar-refractivity contribution in [2.45, 2.75) is 64.2 Å². The Hall–Kier alpha value is -1.95. The lowest BCUT2D eigenvalue weighted by molar-refractivity contribution is -0.167. The maximum absolute atomic E-state index is 12.9. The zero-order valence-corrected chi connectivity index (χ0v) is 15.4. The molecule has 3 aliphatic carbocycles. The molecular weight excluding hydrogens is 340 g/mol. The van der Waals surface area contributed by atoms with Crippen LogP contribution in [0.15, 0.2) is 30.3 Å². The highest BCUT2D eigenvalue weighted by Gasteiger charge is 2.53. The van der Waals surface area contributed by atoms with Gasteiger partial charge in [-0.25, -0.2) is 0 Å². The number of benzene rings is 1. The van der Waals surface area contributed by atoms with Gasteiger partial charge in [-0.3, -0.25) is 4.79 Å². The van der Waals surface area contributed by atoms with E-state index in [2.05, 4.69) is 4.74 Å². The van der Waals surface area contributed by atoms with Gasteiger partial charge < -0.3 is 15.2 Å². The first-order valence-corrected chi connectivity index (χ1v) is 8.85. The molecule has 0 atom stereocenters. The topological polar surface area (TPSA) is 61.5 Å². The van der Waals surface area contributed by atoms with E-state index in [1.165, 1.54) is 6.07 Å². The van der Waals surface area contributed by atoms with Crippen LogP contribution in [-0.4, -0.2) is 23.7 Å². The van der Waals surface area contributed by atoms with Gasteiger partial charge in [0.15, 0.2) is 0 Å². The molecule has 4 nitrogen and oxygen atoms in total. The number of esters is 1. The van der Waals surface area contributed by atoms with E-state index in [4.69, 9.17) is 10.5 Å². The van der Waals surface area contributed by atoms with Crippen molar-refractivity contribution in [3.05, 3.63) is 35.9 Å². The second kappa shape index (κ2) is 6.34. The number of alkyl halides is 2. The van der Waals surface area contributed by atoms with Crippen molar-refractivity contribution in [1.82, 2.24) is 0 Å². The number of rotatable bonds is 4.